The molecule has 0 unspecified atom stereocenters. The predicted octanol–water partition coefficient (Wildman–Crippen LogP) is 3.11. The first kappa shape index (κ1) is 12.2. The van der Waals surface area contributed by atoms with Crippen LogP contribution in [0.5, 0.6) is 0 Å². The lowest BCUT2D eigenvalue weighted by molar-refractivity contribution is 0.106. The number of halogens is 1. The van der Waals surface area contributed by atoms with Gasteiger partial charge in [-0.1, -0.05) is 29.8 Å². The van der Waals surface area contributed by atoms with E-state index >= 15 is 0 Å². The maximum absolute atomic E-state index is 6.02. The molecule has 4 heteroatoms. The van der Waals surface area contributed by atoms with Gasteiger partial charge in [0.15, 0.2) is 0 Å². The Hall–Kier alpha value is -1.29. The van der Waals surface area contributed by atoms with Crippen molar-refractivity contribution in [1.29, 1.82) is 0 Å². The lowest BCUT2D eigenvalue weighted by Gasteiger charge is -2.05. The SMILES string of the molecule is NCc1occc1COCc1ccccc1Cl. The molecule has 0 aliphatic rings. The lowest BCUT2D eigenvalue weighted by Crippen LogP contribution is -2.00. The molecule has 0 atom stereocenters. The van der Waals surface area contributed by atoms with Crippen molar-refractivity contribution in [3.63, 3.8) is 0 Å². The summed E-state index contributed by atoms with van der Waals surface area (Å²) in [5.41, 5.74) is 7.50. The minimum Gasteiger partial charge on any atom is -0.468 e. The minimum atomic E-state index is 0.387. The van der Waals surface area contributed by atoms with Gasteiger partial charge in [0.05, 0.1) is 26.0 Å². The van der Waals surface area contributed by atoms with Crippen molar-refractivity contribution in [2.45, 2.75) is 19.8 Å². The van der Waals surface area contributed by atoms with Crippen LogP contribution >= 0.6 is 11.6 Å². The topological polar surface area (TPSA) is 48.4 Å². The summed E-state index contributed by atoms with van der Waals surface area (Å²) in [6.07, 6.45) is 1.62. The first-order valence-electron chi connectivity index (χ1n) is 5.37. The molecule has 3 nitrogen and oxygen atoms in total. The molecule has 0 saturated heterocycles. The maximum atomic E-state index is 6.02. The standard InChI is InChI=1S/C13H14ClNO2/c14-12-4-2-1-3-10(12)8-16-9-11-5-6-17-13(11)7-15/h1-6H,7-9,15H2. The van der Waals surface area contributed by atoms with Crippen LogP contribution in [-0.2, 0) is 24.5 Å². The Morgan fingerprint density at radius 1 is 1.12 bits per heavy atom. The zero-order chi connectivity index (χ0) is 12.1. The Kier molecular flexibility index (Phi) is 4.20. The van der Waals surface area contributed by atoms with Crippen molar-refractivity contribution >= 4 is 11.6 Å². The van der Waals surface area contributed by atoms with Crippen LogP contribution in [0.25, 0.3) is 0 Å². The van der Waals surface area contributed by atoms with Gasteiger partial charge in [0.25, 0.3) is 0 Å². The van der Waals surface area contributed by atoms with Crippen molar-refractivity contribution in [1.82, 2.24) is 0 Å². The molecule has 0 aliphatic heterocycles. The minimum absolute atomic E-state index is 0.387. The lowest BCUT2D eigenvalue weighted by atomic mass is 10.2. The third-order valence-corrected chi connectivity index (χ3v) is 2.86. The highest BCUT2D eigenvalue weighted by Crippen LogP contribution is 2.17. The van der Waals surface area contributed by atoms with Crippen molar-refractivity contribution in [2.75, 3.05) is 0 Å². The molecule has 1 heterocycles. The Balaban J connectivity index is 1.90. The van der Waals surface area contributed by atoms with Crippen LogP contribution in [-0.4, -0.2) is 0 Å². The van der Waals surface area contributed by atoms with Gasteiger partial charge in [-0.2, -0.15) is 0 Å². The molecule has 90 valence electrons. The molecule has 0 radical (unpaired) electrons. The van der Waals surface area contributed by atoms with E-state index in [0.717, 1.165) is 21.9 Å². The van der Waals surface area contributed by atoms with Gasteiger partial charge in [0.2, 0.25) is 0 Å². The van der Waals surface area contributed by atoms with E-state index in [0.29, 0.717) is 19.8 Å². The Morgan fingerprint density at radius 2 is 1.88 bits per heavy atom. The summed E-state index contributed by atoms with van der Waals surface area (Å²) in [4.78, 5) is 0. The number of hydrogen-bond acceptors (Lipinski definition) is 3. The summed E-state index contributed by atoms with van der Waals surface area (Å²) in [7, 11) is 0. The second kappa shape index (κ2) is 5.87. The van der Waals surface area contributed by atoms with Crippen LogP contribution < -0.4 is 5.73 Å². The smallest absolute Gasteiger partial charge is 0.122 e. The Morgan fingerprint density at radius 3 is 2.65 bits per heavy atom. The number of furan rings is 1. The van der Waals surface area contributed by atoms with Gasteiger partial charge >= 0.3 is 0 Å². The van der Waals surface area contributed by atoms with E-state index < -0.39 is 0 Å². The Labute approximate surface area is 105 Å². The van der Waals surface area contributed by atoms with Gasteiger partial charge in [0, 0.05) is 10.6 Å². The summed E-state index contributed by atoms with van der Waals surface area (Å²) in [5.74, 6) is 0.768. The van der Waals surface area contributed by atoms with E-state index in [-0.39, 0.29) is 0 Å². The monoisotopic (exact) mass is 251 g/mol. The molecule has 0 bridgehead atoms. The predicted molar refractivity (Wildman–Crippen MR) is 66.5 cm³/mol. The second-order valence-electron chi connectivity index (χ2n) is 3.66. The van der Waals surface area contributed by atoms with Crippen LogP contribution in [0, 0.1) is 0 Å². The van der Waals surface area contributed by atoms with Gasteiger partial charge in [-0.05, 0) is 17.7 Å². The largest absolute Gasteiger partial charge is 0.468 e. The summed E-state index contributed by atoms with van der Waals surface area (Å²) < 4.78 is 10.8. The molecule has 0 amide bonds. The molecular formula is C13H14ClNO2. The van der Waals surface area contributed by atoms with Crippen LogP contribution in [0.2, 0.25) is 5.02 Å². The van der Waals surface area contributed by atoms with Crippen LogP contribution in [0.1, 0.15) is 16.9 Å². The van der Waals surface area contributed by atoms with Crippen molar-refractivity contribution in [3.8, 4) is 0 Å². The van der Waals surface area contributed by atoms with E-state index in [1.807, 2.05) is 30.3 Å². The quantitative estimate of drug-likeness (QED) is 0.888. The molecule has 0 aliphatic carbocycles. The summed E-state index contributed by atoms with van der Waals surface area (Å²) in [5, 5.41) is 0.721. The van der Waals surface area contributed by atoms with Crippen LogP contribution in [0.4, 0.5) is 0 Å². The van der Waals surface area contributed by atoms with Crippen molar-refractivity contribution < 1.29 is 9.15 Å². The average molecular weight is 252 g/mol. The molecule has 1 aromatic heterocycles. The van der Waals surface area contributed by atoms with E-state index in [1.54, 1.807) is 6.26 Å². The van der Waals surface area contributed by atoms with E-state index in [9.17, 15) is 0 Å². The molecule has 1 aromatic carbocycles. The molecule has 0 spiro atoms. The maximum Gasteiger partial charge on any atom is 0.122 e. The Bertz CT molecular complexity index is 482. The van der Waals surface area contributed by atoms with Crippen molar-refractivity contribution in [2.24, 2.45) is 5.73 Å². The van der Waals surface area contributed by atoms with E-state index in [4.69, 9.17) is 26.5 Å². The number of nitrogens with two attached hydrogens (primary N) is 1. The summed E-state index contributed by atoms with van der Waals surface area (Å²) in [6.45, 7) is 1.35. The molecule has 2 aromatic rings. The zero-order valence-corrected chi connectivity index (χ0v) is 10.1. The first-order valence-corrected chi connectivity index (χ1v) is 5.75. The number of benzene rings is 1. The summed E-state index contributed by atoms with van der Waals surface area (Å²) in [6, 6.07) is 9.50. The molecule has 2 rings (SSSR count). The fourth-order valence-electron chi connectivity index (χ4n) is 1.56. The number of rotatable bonds is 5. The molecule has 0 saturated carbocycles. The van der Waals surface area contributed by atoms with Crippen LogP contribution in [0.15, 0.2) is 41.0 Å². The zero-order valence-electron chi connectivity index (χ0n) is 9.36. The van der Waals surface area contributed by atoms with E-state index in [1.165, 1.54) is 0 Å². The normalized spacial score (nSPS) is 10.7. The summed E-state index contributed by atoms with van der Waals surface area (Å²) >= 11 is 6.02. The molecule has 0 fully saturated rings. The van der Waals surface area contributed by atoms with Gasteiger partial charge in [0.1, 0.15) is 5.76 Å². The van der Waals surface area contributed by atoms with E-state index in [2.05, 4.69) is 0 Å². The second-order valence-corrected chi connectivity index (χ2v) is 4.06. The number of ether oxygens (including phenoxy) is 1. The van der Waals surface area contributed by atoms with Gasteiger partial charge < -0.3 is 14.9 Å². The molecule has 17 heavy (non-hydrogen) atoms. The van der Waals surface area contributed by atoms with Gasteiger partial charge in [-0.25, -0.2) is 0 Å². The molecule has 2 N–H and O–H groups in total. The van der Waals surface area contributed by atoms with Gasteiger partial charge in [-0.3, -0.25) is 0 Å². The molecular weight excluding hydrogens is 238 g/mol. The fraction of sp³-hybridized carbons (Fsp3) is 0.231. The van der Waals surface area contributed by atoms with Crippen LogP contribution in [0.3, 0.4) is 0 Å². The number of hydrogen-bond donors (Lipinski definition) is 1. The third kappa shape index (κ3) is 3.09. The highest BCUT2D eigenvalue weighted by atomic mass is 35.5. The van der Waals surface area contributed by atoms with Crippen molar-refractivity contribution in [3.05, 3.63) is 58.5 Å². The highest BCUT2D eigenvalue weighted by Gasteiger charge is 2.05. The average Bonchev–Trinajstić information content (AvgIpc) is 2.79. The highest BCUT2D eigenvalue weighted by molar-refractivity contribution is 6.31. The first-order chi connectivity index (χ1) is 8.31. The van der Waals surface area contributed by atoms with Gasteiger partial charge in [-0.15, -0.1) is 0 Å². The third-order valence-electron chi connectivity index (χ3n) is 2.50. The fourth-order valence-corrected chi connectivity index (χ4v) is 1.75.